The summed E-state index contributed by atoms with van der Waals surface area (Å²) in [6, 6.07) is 18.4. The van der Waals surface area contributed by atoms with Crippen LogP contribution >= 0.6 is 0 Å². The summed E-state index contributed by atoms with van der Waals surface area (Å²) >= 11 is 0. The van der Waals surface area contributed by atoms with E-state index in [9.17, 15) is 4.79 Å². The third kappa shape index (κ3) is 5.06. The summed E-state index contributed by atoms with van der Waals surface area (Å²) in [4.78, 5) is 26.0. The number of anilines is 3. The van der Waals surface area contributed by atoms with Gasteiger partial charge in [-0.3, -0.25) is 9.36 Å². The van der Waals surface area contributed by atoms with Gasteiger partial charge >= 0.3 is 0 Å². The second-order valence-electron chi connectivity index (χ2n) is 11.2. The number of aromatic nitrogens is 4. The van der Waals surface area contributed by atoms with E-state index in [1.54, 1.807) is 6.20 Å². The first-order chi connectivity index (χ1) is 20.5. The molecule has 9 nitrogen and oxygen atoms in total. The Bertz CT molecular complexity index is 1800. The lowest BCUT2D eigenvalue weighted by molar-refractivity contribution is 0.186. The quantitative estimate of drug-likeness (QED) is 0.305. The number of hydrogen-bond acceptors (Lipinski definition) is 7. The summed E-state index contributed by atoms with van der Waals surface area (Å²) in [6.45, 7) is 7.26. The Hall–Kier alpha value is -4.47. The molecule has 2 N–H and O–H groups in total. The predicted molar refractivity (Wildman–Crippen MR) is 168 cm³/mol. The first-order valence-corrected chi connectivity index (χ1v) is 14.6. The van der Waals surface area contributed by atoms with Crippen LogP contribution in [0.25, 0.3) is 33.3 Å². The maximum absolute atomic E-state index is 14.0. The average Bonchev–Trinajstić information content (AvgIpc) is 3.70. The summed E-state index contributed by atoms with van der Waals surface area (Å²) < 4.78 is 9.54. The molecule has 7 rings (SSSR count). The average molecular weight is 562 g/mol. The molecule has 0 spiro atoms. The number of hydrogen-bond donors (Lipinski definition) is 2. The van der Waals surface area contributed by atoms with Crippen molar-refractivity contribution in [3.8, 4) is 22.3 Å². The van der Waals surface area contributed by atoms with Crippen molar-refractivity contribution in [1.82, 2.24) is 24.4 Å². The highest BCUT2D eigenvalue weighted by atomic mass is 16.5. The first kappa shape index (κ1) is 26.4. The second kappa shape index (κ2) is 11.1. The minimum atomic E-state index is -0.0770. The molecular weight excluding hydrogens is 526 g/mol. The monoisotopic (exact) mass is 561 g/mol. The van der Waals surface area contributed by atoms with Crippen molar-refractivity contribution in [2.45, 2.75) is 19.4 Å². The van der Waals surface area contributed by atoms with Gasteiger partial charge in [0.2, 0.25) is 5.95 Å². The summed E-state index contributed by atoms with van der Waals surface area (Å²) in [5, 5.41) is 7.60. The van der Waals surface area contributed by atoms with Gasteiger partial charge in [0.05, 0.1) is 12.6 Å². The molecule has 1 atom stereocenters. The summed E-state index contributed by atoms with van der Waals surface area (Å²) in [7, 11) is 2.01. The van der Waals surface area contributed by atoms with Crippen LogP contribution in [0.15, 0.2) is 78.0 Å². The summed E-state index contributed by atoms with van der Waals surface area (Å²) in [5.74, 6) is 0.462. The van der Waals surface area contributed by atoms with Crippen LogP contribution in [-0.4, -0.2) is 58.5 Å². The molecule has 2 aliphatic heterocycles. The fraction of sp³-hybridized carbons (Fsp3) is 0.303. The van der Waals surface area contributed by atoms with E-state index in [2.05, 4.69) is 70.0 Å². The van der Waals surface area contributed by atoms with E-state index < -0.39 is 0 Å². The van der Waals surface area contributed by atoms with E-state index in [-0.39, 0.29) is 11.6 Å². The van der Waals surface area contributed by atoms with Crippen molar-refractivity contribution in [1.29, 1.82) is 0 Å². The minimum absolute atomic E-state index is 0.0636. The molecule has 2 fully saturated rings. The number of pyridine rings is 1. The highest BCUT2D eigenvalue weighted by Gasteiger charge is 2.24. The van der Waals surface area contributed by atoms with E-state index in [0.717, 1.165) is 60.4 Å². The topological polar surface area (TPSA) is 89.2 Å². The Balaban J connectivity index is 1.23. The Morgan fingerprint density at radius 3 is 2.52 bits per heavy atom. The van der Waals surface area contributed by atoms with Gasteiger partial charge in [0.25, 0.3) is 5.56 Å². The Morgan fingerprint density at radius 1 is 1.00 bits per heavy atom. The number of fused-ring (bicyclic) bond motifs is 1. The molecule has 5 heterocycles. The van der Waals surface area contributed by atoms with Crippen LogP contribution in [-0.2, 0) is 11.8 Å². The normalized spacial score (nSPS) is 17.2. The molecule has 2 aromatic carbocycles. The van der Waals surface area contributed by atoms with Crippen LogP contribution < -0.4 is 21.1 Å². The molecule has 2 aliphatic rings. The fourth-order valence-electron chi connectivity index (χ4n) is 6.09. The molecule has 42 heavy (non-hydrogen) atoms. The minimum Gasteiger partial charge on any atom is -0.379 e. The molecule has 1 unspecified atom stereocenters. The van der Waals surface area contributed by atoms with Crippen molar-refractivity contribution in [3.05, 3.63) is 89.1 Å². The fourth-order valence-corrected chi connectivity index (χ4v) is 6.09. The zero-order chi connectivity index (χ0) is 28.6. The molecule has 0 bridgehead atoms. The summed E-state index contributed by atoms with van der Waals surface area (Å²) in [6.07, 6.45) is 6.69. The molecule has 214 valence electrons. The molecule has 0 amide bonds. The Labute approximate surface area is 244 Å². The van der Waals surface area contributed by atoms with Gasteiger partial charge < -0.3 is 24.8 Å². The van der Waals surface area contributed by atoms with Gasteiger partial charge in [-0.2, -0.15) is 4.98 Å². The molecule has 5 aromatic rings. The van der Waals surface area contributed by atoms with E-state index >= 15 is 0 Å². The molecule has 9 heteroatoms. The predicted octanol–water partition coefficient (Wildman–Crippen LogP) is 4.89. The van der Waals surface area contributed by atoms with Crippen LogP contribution in [0.2, 0.25) is 0 Å². The Kier molecular flexibility index (Phi) is 6.97. The van der Waals surface area contributed by atoms with Gasteiger partial charge in [-0.1, -0.05) is 24.3 Å². The molecule has 0 aliphatic carbocycles. The number of aryl methyl sites for hydroxylation is 2. The summed E-state index contributed by atoms with van der Waals surface area (Å²) in [5.41, 5.74) is 7.68. The maximum Gasteiger partial charge on any atom is 0.260 e. The van der Waals surface area contributed by atoms with Crippen LogP contribution in [0.1, 0.15) is 18.0 Å². The first-order valence-electron chi connectivity index (χ1n) is 14.6. The standard InChI is InChI=1S/C33H35N7O2/c1-22-17-27(7-8-30(22)39-14-11-34-12-15-39)36-33-35-19-26-18-29(32(41)40(31(26)37-33)28-10-16-42-21-28)24-5-3-23(4-6-24)25-9-13-38(2)20-25/h3-9,13,17-20,28,34H,10-12,14-16,21H2,1-2H3,(H,35,36,37). The number of nitrogens with one attached hydrogen (secondary N) is 2. The van der Waals surface area contributed by atoms with Crippen molar-refractivity contribution in [3.63, 3.8) is 0 Å². The van der Waals surface area contributed by atoms with Crippen molar-refractivity contribution >= 4 is 28.4 Å². The number of rotatable bonds is 6. The van der Waals surface area contributed by atoms with E-state index in [4.69, 9.17) is 9.72 Å². The third-order valence-corrected chi connectivity index (χ3v) is 8.32. The number of piperazine rings is 1. The van der Waals surface area contributed by atoms with Gasteiger partial charge in [-0.15, -0.1) is 0 Å². The van der Waals surface area contributed by atoms with Gasteiger partial charge in [0.1, 0.15) is 5.65 Å². The third-order valence-electron chi connectivity index (χ3n) is 8.32. The zero-order valence-corrected chi connectivity index (χ0v) is 24.0. The second-order valence-corrected chi connectivity index (χ2v) is 11.2. The van der Waals surface area contributed by atoms with Crippen LogP contribution in [0.3, 0.4) is 0 Å². The smallest absolute Gasteiger partial charge is 0.260 e. The van der Waals surface area contributed by atoms with Gasteiger partial charge in [-0.25, -0.2) is 4.98 Å². The molecule has 0 saturated carbocycles. The molecule has 3 aromatic heterocycles. The van der Waals surface area contributed by atoms with E-state index in [0.29, 0.717) is 30.4 Å². The lowest BCUT2D eigenvalue weighted by Crippen LogP contribution is -2.43. The van der Waals surface area contributed by atoms with Crippen molar-refractivity contribution < 1.29 is 4.74 Å². The lowest BCUT2D eigenvalue weighted by atomic mass is 10.0. The van der Waals surface area contributed by atoms with Crippen LogP contribution in [0, 0.1) is 6.92 Å². The largest absolute Gasteiger partial charge is 0.379 e. The number of ether oxygens (including phenoxy) is 1. The van der Waals surface area contributed by atoms with Gasteiger partial charge in [0, 0.05) is 80.7 Å². The maximum atomic E-state index is 14.0. The van der Waals surface area contributed by atoms with Crippen molar-refractivity contribution in [2.75, 3.05) is 49.6 Å². The number of nitrogens with zero attached hydrogens (tertiary/aromatic N) is 5. The highest BCUT2D eigenvalue weighted by Crippen LogP contribution is 2.29. The van der Waals surface area contributed by atoms with Crippen molar-refractivity contribution in [2.24, 2.45) is 7.05 Å². The van der Waals surface area contributed by atoms with Crippen LogP contribution in [0.5, 0.6) is 0 Å². The van der Waals surface area contributed by atoms with Gasteiger partial charge in [-0.05, 0) is 65.9 Å². The molecule has 0 radical (unpaired) electrons. The Morgan fingerprint density at radius 2 is 1.81 bits per heavy atom. The molecular formula is C33H35N7O2. The highest BCUT2D eigenvalue weighted by molar-refractivity contribution is 5.82. The van der Waals surface area contributed by atoms with Crippen LogP contribution in [0.4, 0.5) is 17.3 Å². The molecule has 2 saturated heterocycles. The van der Waals surface area contributed by atoms with E-state index in [1.807, 2.05) is 40.6 Å². The van der Waals surface area contributed by atoms with E-state index in [1.165, 1.54) is 11.3 Å². The van der Waals surface area contributed by atoms with Gasteiger partial charge in [0.15, 0.2) is 0 Å². The number of benzene rings is 2. The zero-order valence-electron chi connectivity index (χ0n) is 24.0. The SMILES string of the molecule is Cc1cc(Nc2ncc3cc(-c4ccc(-c5ccn(C)c5)cc4)c(=O)n(C4CCOC4)c3n2)ccc1N1CCNCC1. The lowest BCUT2D eigenvalue weighted by Gasteiger charge is -2.30.